The molecule has 0 bridgehead atoms. The van der Waals surface area contributed by atoms with Crippen LogP contribution in [-0.4, -0.2) is 39.0 Å². The van der Waals surface area contributed by atoms with Crippen molar-refractivity contribution in [2.24, 2.45) is 0 Å². The van der Waals surface area contributed by atoms with E-state index in [2.05, 4.69) is 0 Å². The summed E-state index contributed by atoms with van der Waals surface area (Å²) < 4.78 is 11.4. The topological polar surface area (TPSA) is 142 Å². The van der Waals surface area contributed by atoms with E-state index in [9.17, 15) is 29.8 Å². The van der Waals surface area contributed by atoms with Gasteiger partial charge in [-0.3, -0.25) is 34.7 Å². The summed E-state index contributed by atoms with van der Waals surface area (Å²) in [5.74, 6) is 0.262. The Balaban J connectivity index is 1.46. The number of nitrogens with zero attached hydrogens (tertiary/aromatic N) is 3. The van der Waals surface area contributed by atoms with Crippen molar-refractivity contribution in [3.8, 4) is 17.2 Å². The third-order valence-corrected chi connectivity index (χ3v) is 6.43. The smallest absolute Gasteiger partial charge is 0.318 e. The molecule has 1 saturated heterocycles. The standard InChI is InChI=1S/C26H21N3O8S/c1-16-6-7-17(2)23(12-16)36-11-10-27-25(30)24(38-26(27)31)14-18-4-3-5-20(13-18)37-22-9-8-19(28(32)33)15-21(22)29(34)35/h3-9,12-15H,10-11H2,1-2H3/b24-14-. The van der Waals surface area contributed by atoms with Crippen LogP contribution in [0.2, 0.25) is 0 Å². The zero-order chi connectivity index (χ0) is 27.4. The van der Waals surface area contributed by atoms with Crippen molar-refractivity contribution in [3.63, 3.8) is 0 Å². The van der Waals surface area contributed by atoms with Crippen LogP contribution in [0.15, 0.2) is 65.6 Å². The molecule has 0 aromatic heterocycles. The van der Waals surface area contributed by atoms with E-state index in [4.69, 9.17) is 9.47 Å². The van der Waals surface area contributed by atoms with Crippen LogP contribution in [0.5, 0.6) is 17.2 Å². The first-order valence-corrected chi connectivity index (χ1v) is 12.1. The highest BCUT2D eigenvalue weighted by atomic mass is 32.2. The predicted octanol–water partition coefficient (Wildman–Crippen LogP) is 6.03. The normalized spacial score (nSPS) is 14.2. The average Bonchev–Trinajstić information content (AvgIpc) is 3.13. The number of ether oxygens (including phenoxy) is 2. The number of non-ortho nitro benzene ring substituents is 1. The molecule has 12 heteroatoms. The van der Waals surface area contributed by atoms with Crippen LogP contribution in [0.25, 0.3) is 6.08 Å². The van der Waals surface area contributed by atoms with Gasteiger partial charge < -0.3 is 9.47 Å². The largest absolute Gasteiger partial charge is 0.491 e. The highest BCUT2D eigenvalue weighted by Crippen LogP contribution is 2.36. The lowest BCUT2D eigenvalue weighted by atomic mass is 10.1. The van der Waals surface area contributed by atoms with Crippen LogP contribution in [0.3, 0.4) is 0 Å². The van der Waals surface area contributed by atoms with Gasteiger partial charge in [-0.05, 0) is 72.6 Å². The maximum Gasteiger partial charge on any atom is 0.318 e. The highest BCUT2D eigenvalue weighted by molar-refractivity contribution is 8.18. The molecule has 1 fully saturated rings. The monoisotopic (exact) mass is 535 g/mol. The molecule has 194 valence electrons. The second kappa shape index (κ2) is 11.1. The van der Waals surface area contributed by atoms with Gasteiger partial charge in [0.05, 0.1) is 27.4 Å². The number of imide groups is 1. The molecule has 0 radical (unpaired) electrons. The van der Waals surface area contributed by atoms with Gasteiger partial charge in [0, 0.05) is 6.07 Å². The maximum absolute atomic E-state index is 12.9. The minimum atomic E-state index is -0.772. The van der Waals surface area contributed by atoms with E-state index in [1.54, 1.807) is 18.2 Å². The number of benzene rings is 3. The van der Waals surface area contributed by atoms with Gasteiger partial charge in [-0.15, -0.1) is 0 Å². The summed E-state index contributed by atoms with van der Waals surface area (Å²) in [6.45, 7) is 4.09. The number of nitro benzene ring substituents is 2. The molecule has 1 aliphatic heterocycles. The highest BCUT2D eigenvalue weighted by Gasteiger charge is 2.34. The van der Waals surface area contributed by atoms with E-state index in [0.29, 0.717) is 11.3 Å². The number of aryl methyl sites for hydroxylation is 2. The molecule has 3 aromatic rings. The SMILES string of the molecule is Cc1ccc(C)c(OCCN2C(=O)S/C(=C\c3cccc(Oc4ccc([N+](=O)[O-])cc4[N+](=O)[O-])c3)C2=O)c1. The molecule has 3 aromatic carbocycles. The molecular weight excluding hydrogens is 514 g/mol. The van der Waals surface area contributed by atoms with Gasteiger partial charge in [-0.2, -0.15) is 0 Å². The fourth-order valence-corrected chi connectivity index (χ4v) is 4.46. The van der Waals surface area contributed by atoms with Crippen LogP contribution >= 0.6 is 11.8 Å². The summed E-state index contributed by atoms with van der Waals surface area (Å²) in [6.07, 6.45) is 1.52. The number of rotatable bonds is 9. The zero-order valence-electron chi connectivity index (χ0n) is 20.3. The van der Waals surface area contributed by atoms with E-state index in [1.165, 1.54) is 12.1 Å². The summed E-state index contributed by atoms with van der Waals surface area (Å²) in [7, 11) is 0. The van der Waals surface area contributed by atoms with Crippen LogP contribution in [0.1, 0.15) is 16.7 Å². The lowest BCUT2D eigenvalue weighted by Gasteiger charge is -2.14. The fourth-order valence-electron chi connectivity index (χ4n) is 3.60. The quantitative estimate of drug-likeness (QED) is 0.182. The third-order valence-electron chi connectivity index (χ3n) is 5.52. The number of carbonyl (C=O) groups excluding carboxylic acids is 2. The van der Waals surface area contributed by atoms with Gasteiger partial charge in [0.1, 0.15) is 18.1 Å². The summed E-state index contributed by atoms with van der Waals surface area (Å²) in [6, 6.07) is 15.2. The third kappa shape index (κ3) is 5.98. The predicted molar refractivity (Wildman–Crippen MR) is 140 cm³/mol. The number of carbonyl (C=O) groups is 2. The van der Waals surface area contributed by atoms with Gasteiger partial charge in [0.25, 0.3) is 16.8 Å². The lowest BCUT2D eigenvalue weighted by Crippen LogP contribution is -2.32. The van der Waals surface area contributed by atoms with Crippen molar-refractivity contribution in [2.45, 2.75) is 13.8 Å². The number of hydrogen-bond acceptors (Lipinski definition) is 9. The first-order valence-electron chi connectivity index (χ1n) is 11.3. The maximum atomic E-state index is 12.9. The first-order chi connectivity index (χ1) is 18.1. The van der Waals surface area contributed by atoms with E-state index < -0.39 is 32.4 Å². The molecule has 1 heterocycles. The van der Waals surface area contributed by atoms with Crippen LogP contribution in [0, 0.1) is 34.1 Å². The molecule has 0 aliphatic carbocycles. The first kappa shape index (κ1) is 26.4. The number of amides is 2. The zero-order valence-corrected chi connectivity index (χ0v) is 21.1. The Bertz CT molecular complexity index is 1490. The summed E-state index contributed by atoms with van der Waals surface area (Å²) in [5.41, 5.74) is 1.51. The second-order valence-electron chi connectivity index (χ2n) is 8.29. The Hall–Kier alpha value is -4.71. The van der Waals surface area contributed by atoms with Gasteiger partial charge in [-0.1, -0.05) is 24.3 Å². The van der Waals surface area contributed by atoms with Crippen molar-refractivity contribution in [2.75, 3.05) is 13.2 Å². The van der Waals surface area contributed by atoms with E-state index in [1.807, 2.05) is 32.0 Å². The number of nitro groups is 2. The molecular formula is C26H21N3O8S. The molecule has 0 N–H and O–H groups in total. The fraction of sp³-hybridized carbons (Fsp3) is 0.154. The van der Waals surface area contributed by atoms with Crippen LogP contribution < -0.4 is 9.47 Å². The van der Waals surface area contributed by atoms with Crippen molar-refractivity contribution < 1.29 is 28.9 Å². The summed E-state index contributed by atoms with van der Waals surface area (Å²) >= 11 is 0.798. The Morgan fingerprint density at radius 1 is 0.947 bits per heavy atom. The molecule has 38 heavy (non-hydrogen) atoms. The summed E-state index contributed by atoms with van der Waals surface area (Å²) in [5, 5.41) is 21.9. The number of thioether (sulfide) groups is 1. The Morgan fingerprint density at radius 2 is 1.74 bits per heavy atom. The second-order valence-corrected chi connectivity index (χ2v) is 9.28. The lowest BCUT2D eigenvalue weighted by molar-refractivity contribution is -0.394. The Morgan fingerprint density at radius 3 is 2.47 bits per heavy atom. The summed E-state index contributed by atoms with van der Waals surface area (Å²) in [4.78, 5) is 47.5. The van der Waals surface area contributed by atoms with Crippen molar-refractivity contribution >= 4 is 40.4 Å². The molecule has 4 rings (SSSR count). The molecule has 11 nitrogen and oxygen atoms in total. The van der Waals surface area contributed by atoms with Crippen LogP contribution in [0.4, 0.5) is 16.2 Å². The van der Waals surface area contributed by atoms with Gasteiger partial charge in [0.15, 0.2) is 0 Å². The van der Waals surface area contributed by atoms with Gasteiger partial charge in [0.2, 0.25) is 5.75 Å². The minimum absolute atomic E-state index is 0.0857. The van der Waals surface area contributed by atoms with E-state index in [-0.39, 0.29) is 29.6 Å². The number of hydrogen-bond donors (Lipinski definition) is 0. The molecule has 1 aliphatic rings. The van der Waals surface area contributed by atoms with E-state index >= 15 is 0 Å². The van der Waals surface area contributed by atoms with Crippen molar-refractivity contribution in [1.82, 2.24) is 4.90 Å². The Labute approximate surface area is 221 Å². The molecule has 0 saturated carbocycles. The van der Waals surface area contributed by atoms with Crippen molar-refractivity contribution in [1.29, 1.82) is 0 Å². The minimum Gasteiger partial charge on any atom is -0.491 e. The van der Waals surface area contributed by atoms with E-state index in [0.717, 1.165) is 46.0 Å². The molecule has 0 unspecified atom stereocenters. The van der Waals surface area contributed by atoms with Gasteiger partial charge in [-0.25, -0.2) is 0 Å². The Kier molecular flexibility index (Phi) is 7.72. The molecule has 0 atom stereocenters. The van der Waals surface area contributed by atoms with Crippen molar-refractivity contribution in [3.05, 3.63) is 102 Å². The van der Waals surface area contributed by atoms with Gasteiger partial charge >= 0.3 is 5.69 Å². The van der Waals surface area contributed by atoms with Crippen LogP contribution in [-0.2, 0) is 4.79 Å². The molecule has 2 amide bonds. The molecule has 0 spiro atoms. The average molecular weight is 536 g/mol.